The van der Waals surface area contributed by atoms with Crippen LogP contribution in [-0.2, 0) is 17.6 Å². The first-order valence-electron chi connectivity index (χ1n) is 7.28. The summed E-state index contributed by atoms with van der Waals surface area (Å²) in [7, 11) is 0. The standard InChI is InChI=1S/C17H18N4O/c18-9-3-1-2-5-14-7-8-16(20-13-14)21-17(22)11-15-6-4-10-19-12-15/h4,6-8,10,12-13H,1-3,5,11H2,(H,20,21,22). The highest BCUT2D eigenvalue weighted by atomic mass is 16.1. The Hall–Kier alpha value is -2.74. The normalized spacial score (nSPS) is 9.95. The Labute approximate surface area is 130 Å². The minimum Gasteiger partial charge on any atom is -0.310 e. The fourth-order valence-electron chi connectivity index (χ4n) is 2.05. The first-order valence-corrected chi connectivity index (χ1v) is 7.28. The second-order valence-electron chi connectivity index (χ2n) is 5.00. The molecule has 0 radical (unpaired) electrons. The predicted octanol–water partition coefficient (Wildman–Crippen LogP) is 2.89. The Kier molecular flexibility index (Phi) is 6.06. The molecule has 0 bridgehead atoms. The van der Waals surface area contributed by atoms with Crippen molar-refractivity contribution >= 4 is 11.7 Å². The maximum atomic E-state index is 11.9. The van der Waals surface area contributed by atoms with Crippen molar-refractivity contribution in [3.8, 4) is 6.07 Å². The van der Waals surface area contributed by atoms with E-state index in [0.717, 1.165) is 30.4 Å². The zero-order chi connectivity index (χ0) is 15.6. The monoisotopic (exact) mass is 294 g/mol. The van der Waals surface area contributed by atoms with E-state index in [-0.39, 0.29) is 12.3 Å². The Bertz CT molecular complexity index is 632. The zero-order valence-electron chi connectivity index (χ0n) is 12.3. The van der Waals surface area contributed by atoms with Gasteiger partial charge in [-0.15, -0.1) is 0 Å². The van der Waals surface area contributed by atoms with Gasteiger partial charge >= 0.3 is 0 Å². The van der Waals surface area contributed by atoms with E-state index in [4.69, 9.17) is 5.26 Å². The molecule has 0 saturated carbocycles. The summed E-state index contributed by atoms with van der Waals surface area (Å²) in [6.07, 6.45) is 8.78. The number of hydrogen-bond donors (Lipinski definition) is 1. The number of nitrogens with one attached hydrogen (secondary N) is 1. The van der Waals surface area contributed by atoms with Crippen LogP contribution in [0.3, 0.4) is 0 Å². The summed E-state index contributed by atoms with van der Waals surface area (Å²) in [4.78, 5) is 20.1. The number of rotatable bonds is 7. The fourth-order valence-corrected chi connectivity index (χ4v) is 2.05. The molecule has 2 rings (SSSR count). The molecule has 0 saturated heterocycles. The van der Waals surface area contributed by atoms with Crippen molar-refractivity contribution in [2.24, 2.45) is 0 Å². The summed E-state index contributed by atoms with van der Waals surface area (Å²) in [5, 5.41) is 11.3. The Morgan fingerprint density at radius 1 is 1.18 bits per heavy atom. The van der Waals surface area contributed by atoms with Crippen molar-refractivity contribution in [3.05, 3.63) is 54.0 Å². The Morgan fingerprint density at radius 2 is 2.09 bits per heavy atom. The molecule has 112 valence electrons. The van der Waals surface area contributed by atoms with Crippen LogP contribution in [0.25, 0.3) is 0 Å². The minimum absolute atomic E-state index is 0.109. The van der Waals surface area contributed by atoms with E-state index >= 15 is 0 Å². The average Bonchev–Trinajstić information content (AvgIpc) is 2.54. The molecule has 0 aromatic carbocycles. The molecule has 0 unspecified atom stereocenters. The van der Waals surface area contributed by atoms with Gasteiger partial charge in [0.2, 0.25) is 5.91 Å². The minimum atomic E-state index is -0.109. The molecule has 0 aliphatic heterocycles. The largest absolute Gasteiger partial charge is 0.310 e. The maximum Gasteiger partial charge on any atom is 0.230 e. The van der Waals surface area contributed by atoms with Gasteiger partial charge in [0, 0.05) is 25.0 Å². The first kappa shape index (κ1) is 15.6. The van der Waals surface area contributed by atoms with Gasteiger partial charge in [0.15, 0.2) is 0 Å². The number of anilines is 1. The van der Waals surface area contributed by atoms with Crippen molar-refractivity contribution in [2.45, 2.75) is 32.1 Å². The fraction of sp³-hybridized carbons (Fsp3) is 0.294. The third-order valence-corrected chi connectivity index (χ3v) is 3.18. The van der Waals surface area contributed by atoms with Crippen LogP contribution in [0, 0.1) is 11.3 Å². The van der Waals surface area contributed by atoms with Crippen LogP contribution in [0.15, 0.2) is 42.9 Å². The molecule has 0 spiro atoms. The summed E-state index contributed by atoms with van der Waals surface area (Å²) in [6, 6.07) is 9.57. The van der Waals surface area contributed by atoms with Gasteiger partial charge in [0.25, 0.3) is 0 Å². The van der Waals surface area contributed by atoms with Gasteiger partial charge in [-0.2, -0.15) is 5.26 Å². The molecular weight excluding hydrogens is 276 g/mol. The van der Waals surface area contributed by atoms with E-state index < -0.39 is 0 Å². The molecular formula is C17H18N4O. The van der Waals surface area contributed by atoms with Gasteiger partial charge in [0.1, 0.15) is 5.82 Å². The highest BCUT2D eigenvalue weighted by molar-refractivity contribution is 5.91. The average molecular weight is 294 g/mol. The smallest absolute Gasteiger partial charge is 0.230 e. The number of amides is 1. The Balaban J connectivity index is 1.81. The lowest BCUT2D eigenvalue weighted by molar-refractivity contribution is -0.115. The van der Waals surface area contributed by atoms with Gasteiger partial charge in [-0.25, -0.2) is 4.98 Å². The molecule has 5 heteroatoms. The molecule has 0 atom stereocenters. The van der Waals surface area contributed by atoms with Crippen LogP contribution in [0.2, 0.25) is 0 Å². The summed E-state index contributed by atoms with van der Waals surface area (Å²) in [5.41, 5.74) is 1.98. The van der Waals surface area contributed by atoms with Crippen LogP contribution in [-0.4, -0.2) is 15.9 Å². The molecule has 2 aromatic heterocycles. The molecule has 0 aliphatic rings. The molecule has 1 N–H and O–H groups in total. The number of carbonyl (C=O) groups excluding carboxylic acids is 1. The third-order valence-electron chi connectivity index (χ3n) is 3.18. The second kappa shape index (κ2) is 8.53. The van der Waals surface area contributed by atoms with Crippen LogP contribution >= 0.6 is 0 Å². The number of carbonyl (C=O) groups is 1. The van der Waals surface area contributed by atoms with Gasteiger partial charge in [0.05, 0.1) is 12.5 Å². The first-order chi connectivity index (χ1) is 10.8. The second-order valence-corrected chi connectivity index (χ2v) is 5.00. The van der Waals surface area contributed by atoms with Gasteiger partial charge < -0.3 is 5.32 Å². The third kappa shape index (κ3) is 5.33. The summed E-state index contributed by atoms with van der Waals surface area (Å²) < 4.78 is 0. The highest BCUT2D eigenvalue weighted by Crippen LogP contribution is 2.09. The quantitative estimate of drug-likeness (QED) is 0.796. The molecule has 22 heavy (non-hydrogen) atoms. The molecule has 2 heterocycles. The van der Waals surface area contributed by atoms with E-state index in [1.165, 1.54) is 0 Å². The number of unbranched alkanes of at least 4 members (excludes halogenated alkanes) is 2. The van der Waals surface area contributed by atoms with Crippen molar-refractivity contribution in [3.63, 3.8) is 0 Å². The summed E-state index contributed by atoms with van der Waals surface area (Å²) in [5.74, 6) is 0.442. The lowest BCUT2D eigenvalue weighted by Crippen LogP contribution is -2.15. The van der Waals surface area contributed by atoms with Crippen LogP contribution < -0.4 is 5.32 Å². The van der Waals surface area contributed by atoms with Crippen molar-refractivity contribution < 1.29 is 4.79 Å². The summed E-state index contributed by atoms with van der Waals surface area (Å²) in [6.45, 7) is 0. The van der Waals surface area contributed by atoms with Crippen LogP contribution in [0.4, 0.5) is 5.82 Å². The molecule has 5 nitrogen and oxygen atoms in total. The van der Waals surface area contributed by atoms with Crippen molar-refractivity contribution in [2.75, 3.05) is 5.32 Å². The Morgan fingerprint density at radius 3 is 2.77 bits per heavy atom. The molecule has 1 amide bonds. The number of hydrogen-bond acceptors (Lipinski definition) is 4. The number of nitriles is 1. The van der Waals surface area contributed by atoms with Gasteiger partial charge in [-0.1, -0.05) is 12.1 Å². The molecule has 2 aromatic rings. The van der Waals surface area contributed by atoms with Crippen molar-refractivity contribution in [1.82, 2.24) is 9.97 Å². The number of aromatic nitrogens is 2. The molecule has 0 fully saturated rings. The number of aryl methyl sites for hydroxylation is 1. The van der Waals surface area contributed by atoms with Crippen LogP contribution in [0.1, 0.15) is 30.4 Å². The van der Waals surface area contributed by atoms with Crippen molar-refractivity contribution in [1.29, 1.82) is 5.26 Å². The highest BCUT2D eigenvalue weighted by Gasteiger charge is 2.05. The van der Waals surface area contributed by atoms with E-state index in [1.807, 2.05) is 18.2 Å². The van der Waals surface area contributed by atoms with Gasteiger partial charge in [-0.3, -0.25) is 9.78 Å². The van der Waals surface area contributed by atoms with Crippen LogP contribution in [0.5, 0.6) is 0 Å². The predicted molar refractivity (Wildman–Crippen MR) is 84.0 cm³/mol. The van der Waals surface area contributed by atoms with Gasteiger partial charge in [-0.05, 0) is 42.5 Å². The van der Waals surface area contributed by atoms with E-state index in [2.05, 4.69) is 21.4 Å². The number of pyridine rings is 2. The van der Waals surface area contributed by atoms with E-state index in [0.29, 0.717) is 12.2 Å². The van der Waals surface area contributed by atoms with E-state index in [9.17, 15) is 4.79 Å². The SMILES string of the molecule is N#CCCCCc1ccc(NC(=O)Cc2cccnc2)nc1. The lowest BCUT2D eigenvalue weighted by Gasteiger charge is -2.05. The zero-order valence-corrected chi connectivity index (χ0v) is 12.3. The molecule has 0 aliphatic carbocycles. The number of nitrogens with zero attached hydrogens (tertiary/aromatic N) is 3. The topological polar surface area (TPSA) is 78.7 Å². The maximum absolute atomic E-state index is 11.9. The van der Waals surface area contributed by atoms with E-state index in [1.54, 1.807) is 24.7 Å². The summed E-state index contributed by atoms with van der Waals surface area (Å²) >= 11 is 0. The lowest BCUT2D eigenvalue weighted by atomic mass is 10.1.